The van der Waals surface area contributed by atoms with Gasteiger partial charge >= 0.3 is 27.1 Å². The van der Waals surface area contributed by atoms with Gasteiger partial charge in [-0.2, -0.15) is 0 Å². The quantitative estimate of drug-likeness (QED) is 0.350. The maximum absolute atomic E-state index is 11.8. The predicted octanol–water partition coefficient (Wildman–Crippen LogP) is 3.15. The Morgan fingerprint density at radius 2 is 1.04 bits per heavy atom. The number of carboxylic acids is 1. The van der Waals surface area contributed by atoms with E-state index in [9.17, 15) is 18.7 Å². The van der Waals surface area contributed by atoms with E-state index in [0.29, 0.717) is 0 Å². The van der Waals surface area contributed by atoms with Crippen LogP contribution in [0.4, 0.5) is 0 Å². The number of esters is 1. The minimum Gasteiger partial charge on any atom is -0.481 e. The standard InChI is InChI=1S/C8H17O5P.C6H13O5P/c1-4-11-8(9)7-14(10,12-5-2)13-6-3;1-3-10-12(9,11-4-2)5-6(7)8/h4-7H2,1-3H3;3-5H2,1-2H3,(H,7,8). The molecule has 0 bridgehead atoms. The van der Waals surface area contributed by atoms with E-state index in [1.807, 2.05) is 0 Å². The predicted molar refractivity (Wildman–Crippen MR) is 95.7 cm³/mol. The summed E-state index contributed by atoms with van der Waals surface area (Å²) in [4.78, 5) is 21.3. The summed E-state index contributed by atoms with van der Waals surface area (Å²) in [5.41, 5.74) is 0. The molecule has 0 spiro atoms. The third-order valence-corrected chi connectivity index (χ3v) is 6.17. The van der Waals surface area contributed by atoms with Crippen LogP contribution in [0.15, 0.2) is 0 Å². The summed E-state index contributed by atoms with van der Waals surface area (Å²) >= 11 is 0. The van der Waals surface area contributed by atoms with Gasteiger partial charge in [0.05, 0.1) is 33.0 Å². The van der Waals surface area contributed by atoms with Crippen molar-refractivity contribution in [2.75, 3.05) is 45.4 Å². The number of ether oxygens (including phenoxy) is 1. The molecule has 0 heterocycles. The van der Waals surface area contributed by atoms with Crippen LogP contribution in [-0.4, -0.2) is 62.4 Å². The van der Waals surface area contributed by atoms with E-state index in [1.54, 1.807) is 34.6 Å². The van der Waals surface area contributed by atoms with Gasteiger partial charge in [-0.1, -0.05) is 0 Å². The minimum atomic E-state index is -3.38. The largest absolute Gasteiger partial charge is 0.481 e. The van der Waals surface area contributed by atoms with Crippen molar-refractivity contribution in [2.24, 2.45) is 0 Å². The van der Waals surface area contributed by atoms with Gasteiger partial charge in [0.1, 0.15) is 12.3 Å². The monoisotopic (exact) mass is 420 g/mol. The molecule has 10 nitrogen and oxygen atoms in total. The molecule has 0 aliphatic rings. The van der Waals surface area contributed by atoms with Gasteiger partial charge in [-0.15, -0.1) is 0 Å². The van der Waals surface area contributed by atoms with Gasteiger partial charge in [0.2, 0.25) is 0 Å². The van der Waals surface area contributed by atoms with Crippen LogP contribution in [0.1, 0.15) is 34.6 Å². The van der Waals surface area contributed by atoms with Crippen LogP contribution in [0.2, 0.25) is 0 Å². The molecule has 0 aromatic rings. The molecule has 0 fully saturated rings. The second kappa shape index (κ2) is 15.3. The number of rotatable bonds is 13. The van der Waals surface area contributed by atoms with Crippen molar-refractivity contribution in [1.82, 2.24) is 0 Å². The van der Waals surface area contributed by atoms with Crippen molar-refractivity contribution in [3.63, 3.8) is 0 Å². The molecule has 1 N–H and O–H groups in total. The zero-order chi connectivity index (χ0) is 20.6. The summed E-state index contributed by atoms with van der Waals surface area (Å²) in [6.45, 7) is 9.46. The van der Waals surface area contributed by atoms with E-state index in [4.69, 9.17) is 23.2 Å². The Morgan fingerprint density at radius 3 is 1.31 bits per heavy atom. The fraction of sp³-hybridized carbons (Fsp3) is 0.857. The van der Waals surface area contributed by atoms with Crippen molar-refractivity contribution in [3.8, 4) is 0 Å². The van der Waals surface area contributed by atoms with Crippen LogP contribution in [0.3, 0.4) is 0 Å². The van der Waals surface area contributed by atoms with E-state index in [1.165, 1.54) is 0 Å². The summed E-state index contributed by atoms with van der Waals surface area (Å²) in [7, 11) is -6.65. The topological polar surface area (TPSA) is 135 Å². The van der Waals surface area contributed by atoms with E-state index in [2.05, 4.69) is 4.74 Å². The van der Waals surface area contributed by atoms with Gasteiger partial charge in [-0.3, -0.25) is 18.7 Å². The number of carbonyl (C=O) groups excluding carboxylic acids is 1. The fourth-order valence-electron chi connectivity index (χ4n) is 1.57. The molecule has 156 valence electrons. The van der Waals surface area contributed by atoms with Gasteiger partial charge in [-0.25, -0.2) is 0 Å². The van der Waals surface area contributed by atoms with E-state index >= 15 is 0 Å². The molecule has 0 saturated heterocycles. The lowest BCUT2D eigenvalue weighted by molar-refractivity contribution is -0.140. The van der Waals surface area contributed by atoms with Crippen LogP contribution >= 0.6 is 15.2 Å². The Hall–Kier alpha value is -0.760. The first-order valence-corrected chi connectivity index (χ1v) is 11.7. The maximum atomic E-state index is 11.8. The normalized spacial score (nSPS) is 11.4. The van der Waals surface area contributed by atoms with Crippen molar-refractivity contribution >= 4 is 27.1 Å². The third-order valence-electron chi connectivity index (χ3n) is 2.26. The van der Waals surface area contributed by atoms with Crippen LogP contribution in [0.25, 0.3) is 0 Å². The molecule has 0 radical (unpaired) electrons. The van der Waals surface area contributed by atoms with Gasteiger partial charge in [0, 0.05) is 0 Å². The molecule has 0 aromatic heterocycles. The van der Waals surface area contributed by atoms with Crippen molar-refractivity contribution < 1.29 is 46.7 Å². The number of carboxylic acid groups (broad SMARTS) is 1. The lowest BCUT2D eigenvalue weighted by Crippen LogP contribution is -2.12. The minimum absolute atomic E-state index is 0.185. The van der Waals surface area contributed by atoms with Gasteiger partial charge in [0.15, 0.2) is 0 Å². The number of hydrogen-bond donors (Lipinski definition) is 1. The van der Waals surface area contributed by atoms with Crippen LogP contribution in [0.5, 0.6) is 0 Å². The molecular formula is C14H30O10P2. The van der Waals surface area contributed by atoms with Crippen LogP contribution in [-0.2, 0) is 41.6 Å². The lowest BCUT2D eigenvalue weighted by Gasteiger charge is -2.15. The average molecular weight is 420 g/mol. The number of aliphatic carboxylic acids is 1. The summed E-state index contributed by atoms with van der Waals surface area (Å²) in [5, 5.41) is 8.37. The van der Waals surface area contributed by atoms with E-state index in [0.717, 1.165) is 0 Å². The highest BCUT2D eigenvalue weighted by molar-refractivity contribution is 7.55. The lowest BCUT2D eigenvalue weighted by atomic mass is 10.8. The molecule has 0 aromatic carbocycles. The second-order valence-corrected chi connectivity index (χ2v) is 8.52. The van der Waals surface area contributed by atoms with Crippen molar-refractivity contribution in [3.05, 3.63) is 0 Å². The molecule has 0 aliphatic carbocycles. The molecule has 0 unspecified atom stereocenters. The third kappa shape index (κ3) is 14.4. The second-order valence-electron chi connectivity index (χ2n) is 4.41. The highest BCUT2D eigenvalue weighted by atomic mass is 31.2. The Balaban J connectivity index is 0. The zero-order valence-electron chi connectivity index (χ0n) is 16.0. The van der Waals surface area contributed by atoms with Crippen LogP contribution in [0, 0.1) is 0 Å². The van der Waals surface area contributed by atoms with E-state index in [-0.39, 0.29) is 39.2 Å². The fourth-order valence-corrected chi connectivity index (χ4v) is 4.40. The molecule has 12 heteroatoms. The summed E-state index contributed by atoms with van der Waals surface area (Å²) in [6, 6.07) is 0. The van der Waals surface area contributed by atoms with Gasteiger partial charge in [0.25, 0.3) is 0 Å². The summed E-state index contributed by atoms with van der Waals surface area (Å²) in [6.07, 6.45) is -0.892. The summed E-state index contributed by atoms with van der Waals surface area (Å²) in [5.74, 6) is -1.74. The Kier molecular flexibility index (Phi) is 16.2. The summed E-state index contributed by atoms with van der Waals surface area (Å²) < 4.78 is 47.1. The zero-order valence-corrected chi connectivity index (χ0v) is 17.8. The SMILES string of the molecule is CCOC(=O)CP(=O)(OCC)OCC.CCOP(=O)(CC(=O)O)OCC. The Morgan fingerprint density at radius 1 is 0.692 bits per heavy atom. The smallest absolute Gasteiger partial charge is 0.341 e. The van der Waals surface area contributed by atoms with Gasteiger partial charge in [-0.05, 0) is 34.6 Å². The number of carbonyl (C=O) groups is 2. The highest BCUT2D eigenvalue weighted by Crippen LogP contribution is 2.48. The average Bonchev–Trinajstić information content (AvgIpc) is 2.47. The molecule has 0 atom stereocenters. The Bertz CT molecular complexity index is 474. The van der Waals surface area contributed by atoms with Crippen molar-refractivity contribution in [2.45, 2.75) is 34.6 Å². The first kappa shape index (κ1) is 27.5. The first-order chi connectivity index (χ1) is 12.1. The molecule has 26 heavy (non-hydrogen) atoms. The molecule has 0 saturated carbocycles. The highest BCUT2D eigenvalue weighted by Gasteiger charge is 2.28. The van der Waals surface area contributed by atoms with Crippen LogP contribution < -0.4 is 0 Å². The molecule has 0 rings (SSSR count). The molecular weight excluding hydrogens is 390 g/mol. The van der Waals surface area contributed by atoms with Crippen molar-refractivity contribution in [1.29, 1.82) is 0 Å². The first-order valence-electron chi connectivity index (χ1n) is 8.25. The maximum Gasteiger partial charge on any atom is 0.341 e. The van der Waals surface area contributed by atoms with Gasteiger partial charge < -0.3 is 27.9 Å². The molecule has 0 amide bonds. The molecule has 0 aliphatic heterocycles. The van der Waals surface area contributed by atoms with E-state index < -0.39 is 33.3 Å². The number of hydrogen-bond acceptors (Lipinski definition) is 9. The Labute approximate surface area is 154 Å².